The lowest BCUT2D eigenvalue weighted by Crippen LogP contribution is -2.51. The van der Waals surface area contributed by atoms with E-state index in [1.165, 1.54) is 6.42 Å². The van der Waals surface area contributed by atoms with E-state index >= 15 is 0 Å². The molecule has 0 radical (unpaired) electrons. The largest absolute Gasteiger partial charge is 0.355 e. The average molecular weight is 347 g/mol. The molecule has 1 atom stereocenters. The van der Waals surface area contributed by atoms with Crippen molar-refractivity contribution in [2.75, 3.05) is 23.3 Å². The molecular weight excluding hydrogens is 318 g/mol. The van der Waals surface area contributed by atoms with Crippen molar-refractivity contribution in [1.82, 2.24) is 15.6 Å². The van der Waals surface area contributed by atoms with E-state index in [0.29, 0.717) is 5.69 Å². The predicted octanol–water partition coefficient (Wildman–Crippen LogP) is 2.50. The van der Waals surface area contributed by atoms with Gasteiger partial charge in [-0.3, -0.25) is 4.79 Å². The minimum absolute atomic E-state index is 0.218. The number of carbonyl (C=O) groups is 2. The van der Waals surface area contributed by atoms with Crippen LogP contribution >= 0.6 is 0 Å². The number of hydrogen-bond acceptors (Lipinski definition) is 4. The Balaban J connectivity index is 1.97. The number of carbonyl (C=O) groups excluding carboxylic acids is 2. The number of anilines is 2. The summed E-state index contributed by atoms with van der Waals surface area (Å²) in [7, 11) is 0. The van der Waals surface area contributed by atoms with E-state index in [9.17, 15) is 9.59 Å². The second-order valence-electron chi connectivity index (χ2n) is 7.48. The molecule has 138 valence electrons. The van der Waals surface area contributed by atoms with Crippen molar-refractivity contribution in [2.24, 2.45) is 0 Å². The van der Waals surface area contributed by atoms with Crippen molar-refractivity contribution >= 4 is 23.4 Å². The van der Waals surface area contributed by atoms with Crippen LogP contribution in [0, 0.1) is 0 Å². The molecule has 0 bridgehead atoms. The van der Waals surface area contributed by atoms with E-state index in [0.717, 1.165) is 31.7 Å². The minimum atomic E-state index is -0.630. The second kappa shape index (κ2) is 8.18. The van der Waals surface area contributed by atoms with Gasteiger partial charge in [0, 0.05) is 24.8 Å². The van der Waals surface area contributed by atoms with Crippen LogP contribution in [0.2, 0.25) is 0 Å². The third-order valence-corrected chi connectivity index (χ3v) is 3.93. The van der Waals surface area contributed by atoms with Gasteiger partial charge in [0.2, 0.25) is 5.91 Å². The fourth-order valence-corrected chi connectivity index (χ4v) is 2.75. The summed E-state index contributed by atoms with van der Waals surface area (Å²) in [6.45, 7) is 9.25. The standard InChI is InChI=1S/C18H29N5O2/c1-13(16(24)22-18(2,3)4)20-17(25)21-14-9-8-10-19-15(14)23-11-6-5-7-12-23/h8-10,13H,5-7,11-12H2,1-4H3,(H,22,24)(H2,20,21,25)/t13-/m1/s1. The molecule has 1 aliphatic heterocycles. The third kappa shape index (κ3) is 5.92. The predicted molar refractivity (Wildman–Crippen MR) is 99.8 cm³/mol. The number of amides is 3. The highest BCUT2D eigenvalue weighted by Gasteiger charge is 2.22. The Morgan fingerprint density at radius 2 is 1.88 bits per heavy atom. The number of hydrogen-bond donors (Lipinski definition) is 3. The summed E-state index contributed by atoms with van der Waals surface area (Å²) < 4.78 is 0. The van der Waals surface area contributed by atoms with Gasteiger partial charge < -0.3 is 20.9 Å². The number of rotatable bonds is 4. The molecule has 7 heteroatoms. The summed E-state index contributed by atoms with van der Waals surface area (Å²) in [6, 6.07) is 2.58. The molecule has 1 aliphatic rings. The number of pyridine rings is 1. The molecule has 7 nitrogen and oxygen atoms in total. The van der Waals surface area contributed by atoms with E-state index in [-0.39, 0.29) is 11.4 Å². The highest BCUT2D eigenvalue weighted by atomic mass is 16.2. The quantitative estimate of drug-likeness (QED) is 0.781. The van der Waals surface area contributed by atoms with E-state index in [1.54, 1.807) is 19.2 Å². The Kier molecular flexibility index (Phi) is 6.22. The smallest absolute Gasteiger partial charge is 0.319 e. The van der Waals surface area contributed by atoms with Crippen molar-refractivity contribution in [3.8, 4) is 0 Å². The number of aromatic nitrogens is 1. The van der Waals surface area contributed by atoms with Crippen molar-refractivity contribution in [3.05, 3.63) is 18.3 Å². The van der Waals surface area contributed by atoms with E-state index in [4.69, 9.17) is 0 Å². The van der Waals surface area contributed by atoms with Crippen LogP contribution < -0.4 is 20.9 Å². The van der Waals surface area contributed by atoms with E-state index < -0.39 is 12.1 Å². The van der Waals surface area contributed by atoms with Crippen LogP contribution in [0.1, 0.15) is 47.0 Å². The lowest BCUT2D eigenvalue weighted by atomic mass is 10.1. The molecular formula is C18H29N5O2. The normalized spacial score (nSPS) is 16.1. The molecule has 0 saturated carbocycles. The topological polar surface area (TPSA) is 86.4 Å². The van der Waals surface area contributed by atoms with Crippen LogP contribution in [0.15, 0.2) is 18.3 Å². The fraction of sp³-hybridized carbons (Fsp3) is 0.611. The Bertz CT molecular complexity index is 606. The zero-order chi connectivity index (χ0) is 18.4. The van der Waals surface area contributed by atoms with Crippen LogP contribution in [-0.2, 0) is 4.79 Å². The van der Waals surface area contributed by atoms with Gasteiger partial charge in [-0.25, -0.2) is 9.78 Å². The van der Waals surface area contributed by atoms with Gasteiger partial charge in [0.05, 0.1) is 5.69 Å². The lowest BCUT2D eigenvalue weighted by Gasteiger charge is -2.29. The maximum absolute atomic E-state index is 12.3. The molecule has 1 aromatic heterocycles. The van der Waals surface area contributed by atoms with Gasteiger partial charge in [0.1, 0.15) is 6.04 Å². The van der Waals surface area contributed by atoms with Gasteiger partial charge in [-0.2, -0.15) is 0 Å². The molecule has 1 aromatic rings. The maximum Gasteiger partial charge on any atom is 0.319 e. The van der Waals surface area contributed by atoms with Crippen LogP contribution in [0.5, 0.6) is 0 Å². The molecule has 3 amide bonds. The SMILES string of the molecule is C[C@@H](NC(=O)Nc1cccnc1N1CCCCC1)C(=O)NC(C)(C)C. The molecule has 1 saturated heterocycles. The summed E-state index contributed by atoms with van der Waals surface area (Å²) >= 11 is 0. The molecule has 0 aliphatic carbocycles. The first-order valence-corrected chi connectivity index (χ1v) is 8.86. The highest BCUT2D eigenvalue weighted by molar-refractivity contribution is 5.95. The van der Waals surface area contributed by atoms with Gasteiger partial charge >= 0.3 is 6.03 Å². The molecule has 0 unspecified atom stereocenters. The maximum atomic E-state index is 12.3. The summed E-state index contributed by atoms with van der Waals surface area (Å²) in [5.74, 6) is 0.564. The molecule has 2 rings (SSSR count). The summed E-state index contributed by atoms with van der Waals surface area (Å²) in [5.41, 5.74) is 0.319. The van der Waals surface area contributed by atoms with Crippen molar-refractivity contribution in [3.63, 3.8) is 0 Å². The third-order valence-electron chi connectivity index (χ3n) is 3.93. The van der Waals surface area contributed by atoms with Crippen LogP contribution in [-0.4, -0.2) is 41.6 Å². The molecule has 1 fully saturated rings. The minimum Gasteiger partial charge on any atom is -0.355 e. The van der Waals surface area contributed by atoms with Gasteiger partial charge in [0.25, 0.3) is 0 Å². The number of nitrogens with zero attached hydrogens (tertiary/aromatic N) is 2. The second-order valence-corrected chi connectivity index (χ2v) is 7.48. The number of piperidine rings is 1. The van der Waals surface area contributed by atoms with Gasteiger partial charge in [-0.05, 0) is 59.1 Å². The summed E-state index contributed by atoms with van der Waals surface area (Å²) in [6.07, 6.45) is 5.22. The van der Waals surface area contributed by atoms with Crippen LogP contribution in [0.4, 0.5) is 16.3 Å². The first-order chi connectivity index (χ1) is 11.8. The molecule has 0 aromatic carbocycles. The molecule has 25 heavy (non-hydrogen) atoms. The Labute approximate surface area is 149 Å². The van der Waals surface area contributed by atoms with Crippen molar-refractivity contribution < 1.29 is 9.59 Å². The van der Waals surface area contributed by atoms with Gasteiger partial charge in [0.15, 0.2) is 5.82 Å². The zero-order valence-corrected chi connectivity index (χ0v) is 15.6. The van der Waals surface area contributed by atoms with Crippen molar-refractivity contribution in [2.45, 2.75) is 58.5 Å². The monoisotopic (exact) mass is 347 g/mol. The highest BCUT2D eigenvalue weighted by Crippen LogP contribution is 2.25. The average Bonchev–Trinajstić information content (AvgIpc) is 2.54. The Morgan fingerprint density at radius 1 is 1.20 bits per heavy atom. The van der Waals surface area contributed by atoms with E-state index in [2.05, 4.69) is 25.8 Å². The Morgan fingerprint density at radius 3 is 2.52 bits per heavy atom. The van der Waals surface area contributed by atoms with Gasteiger partial charge in [-0.15, -0.1) is 0 Å². The lowest BCUT2D eigenvalue weighted by molar-refractivity contribution is -0.123. The summed E-state index contributed by atoms with van der Waals surface area (Å²) in [4.78, 5) is 31.0. The first kappa shape index (κ1) is 19.0. The molecule has 3 N–H and O–H groups in total. The number of nitrogens with one attached hydrogen (secondary N) is 3. The van der Waals surface area contributed by atoms with Gasteiger partial charge in [-0.1, -0.05) is 0 Å². The van der Waals surface area contributed by atoms with Crippen LogP contribution in [0.25, 0.3) is 0 Å². The molecule has 0 spiro atoms. The Hall–Kier alpha value is -2.31. The zero-order valence-electron chi connectivity index (χ0n) is 15.6. The number of urea groups is 1. The van der Waals surface area contributed by atoms with Crippen LogP contribution in [0.3, 0.4) is 0 Å². The molecule has 2 heterocycles. The first-order valence-electron chi connectivity index (χ1n) is 8.86. The van der Waals surface area contributed by atoms with E-state index in [1.807, 2.05) is 26.8 Å². The fourth-order valence-electron chi connectivity index (χ4n) is 2.75. The van der Waals surface area contributed by atoms with Crippen molar-refractivity contribution in [1.29, 1.82) is 0 Å². The summed E-state index contributed by atoms with van der Waals surface area (Å²) in [5, 5.41) is 8.34.